The molecule has 0 aliphatic carbocycles. The minimum absolute atomic E-state index is 0.0150. The predicted molar refractivity (Wildman–Crippen MR) is 225 cm³/mol. The molecular weight excluding hydrogens is 783 g/mol. The van der Waals surface area contributed by atoms with E-state index in [0.717, 1.165) is 38.5 Å². The van der Waals surface area contributed by atoms with Crippen LogP contribution in [-0.2, 0) is 28.4 Å². The molecule has 61 heavy (non-hydrogen) atoms. The topological polar surface area (TPSA) is 174 Å². The summed E-state index contributed by atoms with van der Waals surface area (Å²) < 4.78 is 38.0. The molecule has 0 bridgehead atoms. The second kappa shape index (κ2) is 21.4. The van der Waals surface area contributed by atoms with E-state index in [1.807, 2.05) is 18.2 Å². The van der Waals surface area contributed by atoms with Crippen LogP contribution >= 0.6 is 0 Å². The van der Waals surface area contributed by atoms with Gasteiger partial charge in [0.15, 0.2) is 18.9 Å². The number of aromatic hydroxyl groups is 2. The average molecular weight is 846 g/mol. The minimum Gasteiger partial charge on any atom is -0.507 e. The second-order valence-electron chi connectivity index (χ2n) is 17.2. The third kappa shape index (κ3) is 12.0. The second-order valence-corrected chi connectivity index (χ2v) is 17.2. The molecule has 3 aromatic rings. The quantitative estimate of drug-likeness (QED) is 0.0858. The summed E-state index contributed by atoms with van der Waals surface area (Å²) in [5.74, 6) is -0.476. The van der Waals surface area contributed by atoms with Crippen LogP contribution in [0, 0.1) is 0 Å². The molecule has 13 heteroatoms. The predicted octanol–water partition coefficient (Wildman–Crippen LogP) is 7.99. The number of phenols is 2. The van der Waals surface area contributed by atoms with Crippen molar-refractivity contribution in [3.63, 3.8) is 0 Å². The van der Waals surface area contributed by atoms with E-state index in [4.69, 9.17) is 28.4 Å². The average Bonchev–Trinajstić information content (AvgIpc) is 3.48. The molecular formula is C48H63NO12. The van der Waals surface area contributed by atoms with E-state index in [1.165, 1.54) is 4.90 Å². The number of nitrogens with zero attached hydrogens (tertiary/aromatic N) is 1. The molecule has 4 N–H and O–H groups in total. The lowest BCUT2D eigenvalue weighted by Gasteiger charge is -2.38. The van der Waals surface area contributed by atoms with E-state index < -0.39 is 31.1 Å². The molecule has 2 amide bonds. The summed E-state index contributed by atoms with van der Waals surface area (Å²) in [6, 6.07) is 20.9. The number of ether oxygens (including phenoxy) is 6. The third-order valence-electron chi connectivity index (χ3n) is 12.4. The summed E-state index contributed by atoms with van der Waals surface area (Å²) in [6.45, 7) is 3.84. The molecule has 4 aliphatic rings. The van der Waals surface area contributed by atoms with Gasteiger partial charge in [-0.1, -0.05) is 55.5 Å². The minimum atomic E-state index is -0.786. The lowest BCUT2D eigenvalue weighted by atomic mass is 9.95. The summed E-state index contributed by atoms with van der Waals surface area (Å²) in [5, 5.41) is 42.4. The Morgan fingerprint density at radius 3 is 1.57 bits per heavy atom. The maximum absolute atomic E-state index is 13.1. The first-order valence-corrected chi connectivity index (χ1v) is 22.3. The zero-order valence-electron chi connectivity index (χ0n) is 35.4. The molecule has 0 spiro atoms. The molecule has 0 radical (unpaired) electrons. The molecule has 3 aromatic carbocycles. The van der Waals surface area contributed by atoms with E-state index in [9.17, 15) is 30.0 Å². The summed E-state index contributed by atoms with van der Waals surface area (Å²) in [5.41, 5.74) is 1.93. The number of fused-ring (bicyclic) bond motifs is 1. The number of amides is 2. The monoisotopic (exact) mass is 845 g/mol. The van der Waals surface area contributed by atoms with Crippen molar-refractivity contribution in [2.24, 2.45) is 0 Å². The van der Waals surface area contributed by atoms with Crippen molar-refractivity contribution in [3.05, 3.63) is 95.1 Å². The van der Waals surface area contributed by atoms with Gasteiger partial charge in [0.05, 0.1) is 66.5 Å². The van der Waals surface area contributed by atoms with E-state index >= 15 is 0 Å². The van der Waals surface area contributed by atoms with Gasteiger partial charge in [-0.25, -0.2) is 0 Å². The molecule has 332 valence electrons. The third-order valence-corrected chi connectivity index (χ3v) is 12.4. The number of aliphatic hydroxyl groups is 2. The first-order valence-electron chi connectivity index (χ1n) is 22.3. The number of rotatable bonds is 19. The standard InChI is InChI=1S/C48H63NO12/c1-3-32-26-35(59-47(58-32)40-21-6-8-23-42(40)52)17-12-18-36-28-37(61-48(60-36)41-22-7-9-24-43(41)53)25-31(51)14-11-16-34-27-33(15-10-13-30(2)50)56-44(57-34)29-49-45(54)38-19-4-5-20-39(38)46(49)55/h4-9,19-24,30-37,44,47-48,50-53H,3,10-18,25-29H2,1-2H3/t30-,31?,32?,33?,34?,35?,36?,37?,44?,47?,48?/m0/s1. The SMILES string of the molecule is CCC1CC(CCCC2CC(CC(O)CCCC3CC(CCC[C@H](C)O)OC(CN4C(=O)c5ccccc5C4=O)O3)OC(c3ccccc3O)O2)OC(c2ccccc2O)O1. The van der Waals surface area contributed by atoms with Crippen LogP contribution in [0.15, 0.2) is 72.8 Å². The number of imide groups is 1. The molecule has 3 saturated heterocycles. The molecule has 0 aromatic heterocycles. The summed E-state index contributed by atoms with van der Waals surface area (Å²) in [7, 11) is 0. The van der Waals surface area contributed by atoms with Gasteiger partial charge < -0.3 is 48.8 Å². The number of para-hydroxylation sites is 2. The van der Waals surface area contributed by atoms with Crippen molar-refractivity contribution in [2.75, 3.05) is 6.54 Å². The summed E-state index contributed by atoms with van der Waals surface area (Å²) in [6.07, 6.45) is 5.38. The Labute approximate surface area is 358 Å². The van der Waals surface area contributed by atoms with Crippen LogP contribution in [0.2, 0.25) is 0 Å². The molecule has 0 saturated carbocycles. The van der Waals surface area contributed by atoms with Crippen LogP contribution in [-0.4, -0.2) is 98.8 Å². The molecule has 4 heterocycles. The summed E-state index contributed by atoms with van der Waals surface area (Å²) in [4.78, 5) is 27.5. The van der Waals surface area contributed by atoms with Gasteiger partial charge in [-0.15, -0.1) is 0 Å². The smallest absolute Gasteiger partial charge is 0.261 e. The fourth-order valence-electron chi connectivity index (χ4n) is 9.12. The maximum atomic E-state index is 13.1. The van der Waals surface area contributed by atoms with Crippen molar-refractivity contribution in [1.29, 1.82) is 0 Å². The fraction of sp³-hybridized carbons (Fsp3) is 0.583. The molecule has 7 rings (SSSR count). The number of carbonyl (C=O) groups is 2. The molecule has 4 aliphatic heterocycles. The van der Waals surface area contributed by atoms with Crippen LogP contribution in [0.25, 0.3) is 0 Å². The first-order chi connectivity index (χ1) is 29.5. The molecule has 11 atom stereocenters. The Morgan fingerprint density at radius 1 is 0.590 bits per heavy atom. The van der Waals surface area contributed by atoms with Crippen molar-refractivity contribution >= 4 is 11.8 Å². The number of aliphatic hydroxyl groups excluding tert-OH is 2. The Morgan fingerprint density at radius 2 is 1.03 bits per heavy atom. The summed E-state index contributed by atoms with van der Waals surface area (Å²) >= 11 is 0. The van der Waals surface area contributed by atoms with E-state index in [-0.39, 0.29) is 66.5 Å². The highest BCUT2D eigenvalue weighted by Crippen LogP contribution is 2.40. The lowest BCUT2D eigenvalue weighted by Crippen LogP contribution is -2.46. The Kier molecular flexibility index (Phi) is 15.9. The number of benzene rings is 3. The Hall–Kier alpha value is -3.92. The highest BCUT2D eigenvalue weighted by Gasteiger charge is 2.40. The van der Waals surface area contributed by atoms with E-state index in [0.29, 0.717) is 73.6 Å². The van der Waals surface area contributed by atoms with Crippen molar-refractivity contribution in [3.8, 4) is 11.5 Å². The van der Waals surface area contributed by atoms with E-state index in [1.54, 1.807) is 61.5 Å². The normalized spacial score (nSPS) is 29.0. The van der Waals surface area contributed by atoms with Gasteiger partial charge in [-0.2, -0.15) is 0 Å². The lowest BCUT2D eigenvalue weighted by molar-refractivity contribution is -0.257. The van der Waals surface area contributed by atoms with Gasteiger partial charge in [-0.3, -0.25) is 14.5 Å². The highest BCUT2D eigenvalue weighted by atomic mass is 16.7. The molecule has 13 nitrogen and oxygen atoms in total. The van der Waals surface area contributed by atoms with Crippen molar-refractivity contribution in [1.82, 2.24) is 4.90 Å². The van der Waals surface area contributed by atoms with Gasteiger partial charge in [0.2, 0.25) is 0 Å². The van der Waals surface area contributed by atoms with Crippen molar-refractivity contribution in [2.45, 2.75) is 171 Å². The van der Waals surface area contributed by atoms with Crippen LogP contribution in [0.4, 0.5) is 0 Å². The zero-order chi connectivity index (χ0) is 42.9. The van der Waals surface area contributed by atoms with Gasteiger partial charge in [-0.05, 0) is 102 Å². The zero-order valence-corrected chi connectivity index (χ0v) is 35.4. The number of carbonyl (C=O) groups excluding carboxylic acids is 2. The maximum Gasteiger partial charge on any atom is 0.261 e. The van der Waals surface area contributed by atoms with Crippen LogP contribution in [0.5, 0.6) is 11.5 Å². The van der Waals surface area contributed by atoms with Gasteiger partial charge >= 0.3 is 0 Å². The van der Waals surface area contributed by atoms with Gasteiger partial charge in [0.1, 0.15) is 11.5 Å². The number of phenolic OH excluding ortho intramolecular Hbond substituents is 2. The first kappa shape index (κ1) is 45.1. The largest absolute Gasteiger partial charge is 0.507 e. The van der Waals surface area contributed by atoms with Gasteiger partial charge in [0, 0.05) is 30.4 Å². The highest BCUT2D eigenvalue weighted by molar-refractivity contribution is 6.21. The Balaban J connectivity index is 0.925. The van der Waals surface area contributed by atoms with Crippen molar-refractivity contribution < 1.29 is 58.4 Å². The molecule has 10 unspecified atom stereocenters. The van der Waals surface area contributed by atoms with Crippen LogP contribution in [0.3, 0.4) is 0 Å². The fourth-order valence-corrected chi connectivity index (χ4v) is 9.12. The number of hydrogen-bond acceptors (Lipinski definition) is 12. The van der Waals surface area contributed by atoms with Crippen LogP contribution in [0.1, 0.15) is 148 Å². The Bertz CT molecular complexity index is 1860. The molecule has 3 fully saturated rings. The van der Waals surface area contributed by atoms with Gasteiger partial charge in [0.25, 0.3) is 11.8 Å². The number of hydrogen-bond donors (Lipinski definition) is 4. The van der Waals surface area contributed by atoms with Crippen LogP contribution < -0.4 is 0 Å². The van der Waals surface area contributed by atoms with E-state index in [2.05, 4.69) is 6.92 Å².